The number of aromatic nitrogens is 3. The summed E-state index contributed by atoms with van der Waals surface area (Å²) in [7, 11) is 0. The van der Waals surface area contributed by atoms with Gasteiger partial charge < -0.3 is 10.2 Å². The maximum absolute atomic E-state index is 13.9. The van der Waals surface area contributed by atoms with Crippen LogP contribution in [0.3, 0.4) is 0 Å². The highest BCUT2D eigenvalue weighted by atomic mass is 19.4. The molecule has 1 aliphatic heterocycles. The Balaban J connectivity index is 1.27. The molecule has 214 valence electrons. The smallest absolute Gasteiger partial charge is 0.341 e. The van der Waals surface area contributed by atoms with Crippen molar-refractivity contribution in [2.24, 2.45) is 0 Å². The lowest BCUT2D eigenvalue weighted by atomic mass is 9.99. The quantitative estimate of drug-likeness (QED) is 0.283. The van der Waals surface area contributed by atoms with Crippen molar-refractivity contribution in [2.45, 2.75) is 63.2 Å². The number of rotatable bonds is 7. The van der Waals surface area contributed by atoms with E-state index in [0.717, 1.165) is 70.6 Å². The van der Waals surface area contributed by atoms with E-state index in [1.165, 1.54) is 29.8 Å². The van der Waals surface area contributed by atoms with E-state index in [1.807, 2.05) is 6.07 Å². The number of nitrogens with zero attached hydrogens (tertiary/aromatic N) is 4. The lowest BCUT2D eigenvalue weighted by Crippen LogP contribution is -2.43. The second-order valence-electron chi connectivity index (χ2n) is 11.1. The zero-order valence-electron chi connectivity index (χ0n) is 22.9. The highest BCUT2D eigenvalue weighted by Gasteiger charge is 2.35. The average molecular weight is 562 g/mol. The standard InChI is InChI=1S/C32H34F3N5O/c33-32(34,35)28-13-7-6-12-26(28)27-20-23-21-37-31(38-29(23)40(30(27)41)25-10-4-5-11-25)39-18-15-24(16-19-39)36-17-14-22-8-2-1-3-9-22/h1-3,6-9,12-13,20-21,24-25,36H,4-5,10-11,14-19H2. The fraction of sp³-hybridized carbons (Fsp3) is 0.406. The van der Waals surface area contributed by atoms with E-state index in [1.54, 1.807) is 10.8 Å². The van der Waals surface area contributed by atoms with Gasteiger partial charge in [-0.25, -0.2) is 4.98 Å². The van der Waals surface area contributed by atoms with E-state index in [9.17, 15) is 18.0 Å². The Morgan fingerprint density at radius 1 is 0.902 bits per heavy atom. The molecule has 1 aliphatic carbocycles. The van der Waals surface area contributed by atoms with Gasteiger partial charge in [0.15, 0.2) is 0 Å². The number of hydrogen-bond acceptors (Lipinski definition) is 5. The van der Waals surface area contributed by atoms with Crippen molar-refractivity contribution in [3.63, 3.8) is 0 Å². The van der Waals surface area contributed by atoms with Crippen LogP contribution >= 0.6 is 0 Å². The van der Waals surface area contributed by atoms with Crippen molar-refractivity contribution in [1.29, 1.82) is 0 Å². The molecule has 6 rings (SSSR count). The first-order valence-electron chi connectivity index (χ1n) is 14.5. The second-order valence-corrected chi connectivity index (χ2v) is 11.1. The van der Waals surface area contributed by atoms with Gasteiger partial charge in [0.2, 0.25) is 5.95 Å². The van der Waals surface area contributed by atoms with Crippen LogP contribution < -0.4 is 15.8 Å². The van der Waals surface area contributed by atoms with Gasteiger partial charge in [0, 0.05) is 42.3 Å². The number of nitrogens with one attached hydrogen (secondary N) is 1. The third kappa shape index (κ3) is 5.86. The maximum atomic E-state index is 13.9. The van der Waals surface area contributed by atoms with Gasteiger partial charge in [-0.1, -0.05) is 61.4 Å². The Labute approximate surface area is 237 Å². The molecule has 0 spiro atoms. The summed E-state index contributed by atoms with van der Waals surface area (Å²) in [4.78, 5) is 25.5. The first kappa shape index (κ1) is 27.4. The molecule has 2 fully saturated rings. The molecule has 0 radical (unpaired) electrons. The van der Waals surface area contributed by atoms with Crippen LogP contribution in [0, 0.1) is 0 Å². The van der Waals surface area contributed by atoms with Crippen molar-refractivity contribution < 1.29 is 13.2 Å². The van der Waals surface area contributed by atoms with Crippen molar-refractivity contribution >= 4 is 17.0 Å². The topological polar surface area (TPSA) is 63.1 Å². The van der Waals surface area contributed by atoms with E-state index in [0.29, 0.717) is 23.0 Å². The molecule has 6 nitrogen and oxygen atoms in total. The molecule has 3 heterocycles. The molecule has 2 aliphatic rings. The number of fused-ring (bicyclic) bond motifs is 1. The zero-order valence-corrected chi connectivity index (χ0v) is 22.9. The largest absolute Gasteiger partial charge is 0.417 e. The van der Waals surface area contributed by atoms with E-state index in [-0.39, 0.29) is 17.2 Å². The summed E-state index contributed by atoms with van der Waals surface area (Å²) in [5.41, 5.74) is 0.517. The van der Waals surface area contributed by atoms with Gasteiger partial charge in [0.1, 0.15) is 5.65 Å². The van der Waals surface area contributed by atoms with Crippen molar-refractivity contribution in [3.05, 3.63) is 88.3 Å². The number of piperidine rings is 1. The minimum absolute atomic E-state index is 0.0380. The first-order valence-corrected chi connectivity index (χ1v) is 14.5. The Morgan fingerprint density at radius 2 is 1.61 bits per heavy atom. The Kier molecular flexibility index (Phi) is 7.79. The average Bonchev–Trinajstić information content (AvgIpc) is 3.52. The summed E-state index contributed by atoms with van der Waals surface area (Å²) in [6.45, 7) is 2.51. The van der Waals surface area contributed by atoms with Gasteiger partial charge in [0.05, 0.1) is 5.56 Å². The summed E-state index contributed by atoms with van der Waals surface area (Å²) >= 11 is 0. The summed E-state index contributed by atoms with van der Waals surface area (Å²) in [5.74, 6) is 0.565. The Hall–Kier alpha value is -3.72. The number of benzene rings is 2. The predicted octanol–water partition coefficient (Wildman–Crippen LogP) is 6.39. The molecule has 1 N–H and O–H groups in total. The highest BCUT2D eigenvalue weighted by Crippen LogP contribution is 2.38. The Morgan fingerprint density at radius 3 is 2.34 bits per heavy atom. The van der Waals surface area contributed by atoms with Gasteiger partial charge in [-0.05, 0) is 61.9 Å². The van der Waals surface area contributed by atoms with Crippen LogP contribution in [-0.4, -0.2) is 40.2 Å². The minimum atomic E-state index is -4.57. The summed E-state index contributed by atoms with van der Waals surface area (Å²) in [6.07, 6.45) is 3.55. The minimum Gasteiger partial charge on any atom is -0.341 e. The van der Waals surface area contributed by atoms with Gasteiger partial charge in [-0.15, -0.1) is 0 Å². The third-order valence-corrected chi connectivity index (χ3v) is 8.44. The van der Waals surface area contributed by atoms with Gasteiger partial charge in [0.25, 0.3) is 5.56 Å². The molecular formula is C32H34F3N5O. The summed E-state index contributed by atoms with van der Waals surface area (Å²) in [6, 6.07) is 17.6. The predicted molar refractivity (Wildman–Crippen MR) is 155 cm³/mol. The second kappa shape index (κ2) is 11.6. The normalized spacial score (nSPS) is 17.0. The number of anilines is 1. The maximum Gasteiger partial charge on any atom is 0.417 e. The van der Waals surface area contributed by atoms with Crippen LogP contribution in [-0.2, 0) is 12.6 Å². The van der Waals surface area contributed by atoms with Crippen LogP contribution in [0.2, 0.25) is 0 Å². The van der Waals surface area contributed by atoms with E-state index >= 15 is 0 Å². The van der Waals surface area contributed by atoms with E-state index in [4.69, 9.17) is 4.98 Å². The summed E-state index contributed by atoms with van der Waals surface area (Å²) in [5, 5.41) is 4.24. The molecule has 1 saturated heterocycles. The SMILES string of the molecule is O=c1c(-c2ccccc2C(F)(F)F)cc2cnc(N3CCC(NCCc4ccccc4)CC3)nc2n1C1CCCC1. The molecule has 0 unspecified atom stereocenters. The van der Waals surface area contributed by atoms with Crippen molar-refractivity contribution in [1.82, 2.24) is 19.9 Å². The molecule has 1 saturated carbocycles. The lowest BCUT2D eigenvalue weighted by molar-refractivity contribution is -0.137. The van der Waals surface area contributed by atoms with Crippen LogP contribution in [0.5, 0.6) is 0 Å². The zero-order chi connectivity index (χ0) is 28.4. The van der Waals surface area contributed by atoms with Gasteiger partial charge in [-0.3, -0.25) is 9.36 Å². The number of pyridine rings is 1. The Bertz CT molecular complexity index is 1560. The monoisotopic (exact) mass is 561 g/mol. The van der Waals surface area contributed by atoms with Crippen LogP contribution in [0.4, 0.5) is 19.1 Å². The van der Waals surface area contributed by atoms with Crippen LogP contribution in [0.1, 0.15) is 55.7 Å². The molecule has 2 aromatic carbocycles. The molecular weight excluding hydrogens is 527 g/mol. The first-order chi connectivity index (χ1) is 19.9. The van der Waals surface area contributed by atoms with Crippen molar-refractivity contribution in [2.75, 3.05) is 24.5 Å². The third-order valence-electron chi connectivity index (χ3n) is 8.44. The molecule has 2 aromatic heterocycles. The van der Waals surface area contributed by atoms with Crippen molar-refractivity contribution in [3.8, 4) is 11.1 Å². The van der Waals surface area contributed by atoms with E-state index in [2.05, 4.69) is 39.5 Å². The molecule has 4 aromatic rings. The molecule has 0 amide bonds. The number of hydrogen-bond donors (Lipinski definition) is 1. The van der Waals surface area contributed by atoms with Gasteiger partial charge in [-0.2, -0.15) is 18.2 Å². The van der Waals surface area contributed by atoms with Gasteiger partial charge >= 0.3 is 6.18 Å². The van der Waals surface area contributed by atoms with Crippen LogP contribution in [0.25, 0.3) is 22.2 Å². The number of halogens is 3. The molecule has 9 heteroatoms. The fourth-order valence-corrected chi connectivity index (χ4v) is 6.27. The van der Waals surface area contributed by atoms with E-state index < -0.39 is 17.3 Å². The fourth-order valence-electron chi connectivity index (χ4n) is 6.27. The summed E-state index contributed by atoms with van der Waals surface area (Å²) < 4.78 is 43.3. The number of alkyl halides is 3. The molecule has 0 bridgehead atoms. The lowest BCUT2D eigenvalue weighted by Gasteiger charge is -2.32. The van der Waals surface area contributed by atoms with Crippen LogP contribution in [0.15, 0.2) is 71.7 Å². The molecule has 41 heavy (non-hydrogen) atoms. The molecule has 0 atom stereocenters. The highest BCUT2D eigenvalue weighted by molar-refractivity contribution is 5.82.